The van der Waals surface area contributed by atoms with Crippen LogP contribution in [0.3, 0.4) is 0 Å². The van der Waals surface area contributed by atoms with Gasteiger partial charge < -0.3 is 9.13 Å². The second-order valence-corrected chi connectivity index (χ2v) is 14.2. The highest BCUT2D eigenvalue weighted by Gasteiger charge is 2.15. The van der Waals surface area contributed by atoms with Gasteiger partial charge >= 0.3 is 0 Å². The summed E-state index contributed by atoms with van der Waals surface area (Å²) in [5, 5.41) is 7.58. The number of para-hydroxylation sites is 4. The second-order valence-electron chi connectivity index (χ2n) is 14.2. The van der Waals surface area contributed by atoms with E-state index in [1.165, 1.54) is 87.8 Å². The van der Waals surface area contributed by atoms with E-state index < -0.39 is 0 Å². The second kappa shape index (κ2) is 12.2. The van der Waals surface area contributed by atoms with Crippen molar-refractivity contribution >= 4 is 54.4 Å². The van der Waals surface area contributed by atoms with Gasteiger partial charge in [-0.25, -0.2) is 0 Å². The van der Waals surface area contributed by atoms with E-state index in [-0.39, 0.29) is 0 Å². The average Bonchev–Trinajstić information content (AvgIpc) is 3.77. The zero-order chi connectivity index (χ0) is 35.6. The van der Waals surface area contributed by atoms with Crippen LogP contribution in [0.15, 0.2) is 206 Å². The lowest BCUT2D eigenvalue weighted by atomic mass is 9.90. The number of benzene rings is 9. The summed E-state index contributed by atoms with van der Waals surface area (Å²) in [4.78, 5) is 0. The fourth-order valence-electron chi connectivity index (χ4n) is 8.57. The molecule has 0 aliphatic carbocycles. The largest absolute Gasteiger partial charge is 0.309 e. The van der Waals surface area contributed by atoms with Gasteiger partial charge in [-0.1, -0.05) is 146 Å². The Morgan fingerprint density at radius 2 is 0.648 bits per heavy atom. The highest BCUT2D eigenvalue weighted by Crippen LogP contribution is 2.39. The van der Waals surface area contributed by atoms with Gasteiger partial charge in [-0.15, -0.1) is 0 Å². The maximum Gasteiger partial charge on any atom is 0.0541 e. The molecule has 0 saturated heterocycles. The van der Waals surface area contributed by atoms with Gasteiger partial charge in [-0.2, -0.15) is 0 Å². The van der Waals surface area contributed by atoms with Gasteiger partial charge in [0, 0.05) is 32.9 Å². The van der Waals surface area contributed by atoms with Crippen molar-refractivity contribution in [2.75, 3.05) is 0 Å². The van der Waals surface area contributed by atoms with Gasteiger partial charge in [-0.05, 0) is 105 Å². The molecule has 0 N–H and O–H groups in total. The number of nitrogens with zero attached hydrogens (tertiary/aromatic N) is 2. The molecule has 11 aromatic rings. The van der Waals surface area contributed by atoms with Crippen molar-refractivity contribution in [2.24, 2.45) is 0 Å². The Balaban J connectivity index is 1.04. The standard InChI is InChI=1S/C52H34N2/c1-2-12-38-33-40(22-21-35(38)11-1)43-32-27-39(36-23-28-41(29-24-36)53-49-17-7-3-13-44(49)45-14-4-8-18-50(45)53)34-48(43)37-25-30-42(31-26-37)54-51-19-9-5-15-46(51)47-16-6-10-20-52(47)54/h1-34H. The van der Waals surface area contributed by atoms with Gasteiger partial charge in [-0.3, -0.25) is 0 Å². The van der Waals surface area contributed by atoms with Crippen LogP contribution in [0.4, 0.5) is 0 Å². The molecule has 0 unspecified atom stereocenters. The van der Waals surface area contributed by atoms with Crippen molar-refractivity contribution in [3.05, 3.63) is 206 Å². The monoisotopic (exact) mass is 686 g/mol. The van der Waals surface area contributed by atoms with Crippen LogP contribution in [0.5, 0.6) is 0 Å². The van der Waals surface area contributed by atoms with Crippen LogP contribution in [0.2, 0.25) is 0 Å². The van der Waals surface area contributed by atoms with Crippen LogP contribution in [-0.2, 0) is 0 Å². The Labute approximate surface area is 313 Å². The van der Waals surface area contributed by atoms with Crippen molar-refractivity contribution in [1.29, 1.82) is 0 Å². The number of fused-ring (bicyclic) bond motifs is 7. The molecule has 0 amide bonds. The summed E-state index contributed by atoms with van der Waals surface area (Å²) in [7, 11) is 0. The number of hydrogen-bond acceptors (Lipinski definition) is 0. The third-order valence-electron chi connectivity index (χ3n) is 11.1. The van der Waals surface area contributed by atoms with E-state index in [4.69, 9.17) is 0 Å². The van der Waals surface area contributed by atoms with Crippen molar-refractivity contribution in [3.63, 3.8) is 0 Å². The molecule has 252 valence electrons. The van der Waals surface area contributed by atoms with Crippen LogP contribution in [0.25, 0.3) is 99.1 Å². The fourth-order valence-corrected chi connectivity index (χ4v) is 8.57. The van der Waals surface area contributed by atoms with Crippen LogP contribution >= 0.6 is 0 Å². The number of rotatable bonds is 5. The molecule has 2 nitrogen and oxygen atoms in total. The minimum absolute atomic E-state index is 1.15. The van der Waals surface area contributed by atoms with Crippen molar-refractivity contribution < 1.29 is 0 Å². The van der Waals surface area contributed by atoms with E-state index in [9.17, 15) is 0 Å². The first-order chi connectivity index (χ1) is 26.8. The highest BCUT2D eigenvalue weighted by atomic mass is 15.0. The van der Waals surface area contributed by atoms with Crippen LogP contribution < -0.4 is 0 Å². The Hall–Kier alpha value is -7.16. The van der Waals surface area contributed by atoms with Gasteiger partial charge in [0.1, 0.15) is 0 Å². The average molecular weight is 687 g/mol. The fraction of sp³-hybridized carbons (Fsp3) is 0. The SMILES string of the molecule is c1ccc2cc(-c3ccc(-c4ccc(-n5c6ccccc6c6ccccc65)cc4)cc3-c3ccc(-n4c5ccccc5c5ccccc54)cc3)ccc2c1. The number of aromatic nitrogens is 2. The van der Waals surface area contributed by atoms with Gasteiger partial charge in [0.15, 0.2) is 0 Å². The highest BCUT2D eigenvalue weighted by molar-refractivity contribution is 6.10. The summed E-state index contributed by atoms with van der Waals surface area (Å²) in [5.41, 5.74) is 14.4. The molecular formula is C52H34N2. The molecule has 2 heteroatoms. The molecule has 54 heavy (non-hydrogen) atoms. The molecule has 0 aliphatic rings. The minimum Gasteiger partial charge on any atom is -0.309 e. The summed E-state index contributed by atoms with van der Waals surface area (Å²) in [6.45, 7) is 0. The molecule has 9 aromatic carbocycles. The maximum atomic E-state index is 2.38. The molecule has 0 bridgehead atoms. The lowest BCUT2D eigenvalue weighted by molar-refractivity contribution is 1.18. The zero-order valence-corrected chi connectivity index (χ0v) is 29.5. The maximum absolute atomic E-state index is 2.38. The summed E-state index contributed by atoms with van der Waals surface area (Å²) < 4.78 is 4.76. The van der Waals surface area contributed by atoms with E-state index >= 15 is 0 Å². The smallest absolute Gasteiger partial charge is 0.0541 e. The molecule has 0 aliphatic heterocycles. The first kappa shape index (κ1) is 30.5. The summed E-state index contributed by atoms with van der Waals surface area (Å²) in [6, 6.07) is 75.3. The molecule has 2 aromatic heterocycles. The summed E-state index contributed by atoms with van der Waals surface area (Å²) in [6.07, 6.45) is 0. The van der Waals surface area contributed by atoms with Crippen LogP contribution in [0.1, 0.15) is 0 Å². The van der Waals surface area contributed by atoms with Crippen LogP contribution in [-0.4, -0.2) is 9.13 Å². The minimum atomic E-state index is 1.15. The lowest BCUT2D eigenvalue weighted by Crippen LogP contribution is -1.94. The normalized spacial score (nSPS) is 11.7. The zero-order valence-electron chi connectivity index (χ0n) is 29.5. The van der Waals surface area contributed by atoms with E-state index in [0.717, 1.165) is 11.4 Å². The molecule has 0 saturated carbocycles. The molecular weight excluding hydrogens is 653 g/mol. The van der Waals surface area contributed by atoms with E-state index in [1.807, 2.05) is 0 Å². The number of hydrogen-bond donors (Lipinski definition) is 0. The topological polar surface area (TPSA) is 9.86 Å². The Morgan fingerprint density at radius 1 is 0.241 bits per heavy atom. The van der Waals surface area contributed by atoms with E-state index in [1.54, 1.807) is 0 Å². The molecule has 0 fully saturated rings. The molecule has 11 rings (SSSR count). The third-order valence-corrected chi connectivity index (χ3v) is 11.1. The Morgan fingerprint density at radius 3 is 1.17 bits per heavy atom. The quantitative estimate of drug-likeness (QED) is 0.171. The van der Waals surface area contributed by atoms with Crippen molar-refractivity contribution in [1.82, 2.24) is 9.13 Å². The van der Waals surface area contributed by atoms with Crippen molar-refractivity contribution in [3.8, 4) is 44.8 Å². The molecule has 0 atom stereocenters. The lowest BCUT2D eigenvalue weighted by Gasteiger charge is -2.15. The Bertz CT molecular complexity index is 3090. The van der Waals surface area contributed by atoms with Crippen molar-refractivity contribution in [2.45, 2.75) is 0 Å². The van der Waals surface area contributed by atoms with E-state index in [0.29, 0.717) is 0 Å². The Kier molecular flexibility index (Phi) is 6.90. The van der Waals surface area contributed by atoms with E-state index in [2.05, 4.69) is 215 Å². The van der Waals surface area contributed by atoms with Crippen LogP contribution in [0, 0.1) is 0 Å². The molecule has 2 heterocycles. The first-order valence-electron chi connectivity index (χ1n) is 18.6. The van der Waals surface area contributed by atoms with Gasteiger partial charge in [0.25, 0.3) is 0 Å². The third kappa shape index (κ3) is 4.81. The van der Waals surface area contributed by atoms with Gasteiger partial charge in [0.05, 0.1) is 22.1 Å². The first-order valence-corrected chi connectivity index (χ1v) is 18.6. The summed E-state index contributed by atoms with van der Waals surface area (Å²) >= 11 is 0. The predicted octanol–water partition coefficient (Wildman–Crippen LogP) is 14.0. The molecule has 0 radical (unpaired) electrons. The molecule has 0 spiro atoms. The van der Waals surface area contributed by atoms with Gasteiger partial charge in [0.2, 0.25) is 0 Å². The summed E-state index contributed by atoms with van der Waals surface area (Å²) in [5.74, 6) is 0. The predicted molar refractivity (Wildman–Crippen MR) is 229 cm³/mol.